The molecular weight excluding hydrogens is 283 g/mol. The van der Waals surface area contributed by atoms with E-state index >= 15 is 0 Å². The number of hydrogen-bond donors (Lipinski definition) is 1. The van der Waals surface area contributed by atoms with Gasteiger partial charge in [-0.05, 0) is 12.1 Å². The largest absolute Gasteiger partial charge is 0.475 e. The Morgan fingerprint density at radius 3 is 2.62 bits per heavy atom. The smallest absolute Gasteiger partial charge is 0.377 e. The quantitative estimate of drug-likeness (QED) is 0.680. The molecule has 0 aliphatic rings. The first-order valence-electron chi connectivity index (χ1n) is 4.21. The van der Waals surface area contributed by atoms with E-state index in [-0.39, 0.29) is 12.2 Å². The lowest BCUT2D eigenvalue weighted by atomic mass is 10.1. The van der Waals surface area contributed by atoms with Gasteiger partial charge in [-0.15, -0.1) is 0 Å². The Bertz CT molecular complexity index is 445. The number of carbonyl (C=O) groups is 2. The minimum Gasteiger partial charge on any atom is -0.475 e. The van der Waals surface area contributed by atoms with Crippen LogP contribution in [-0.2, 0) is 16.1 Å². The average Bonchev–Trinajstić information content (AvgIpc) is 2.22. The summed E-state index contributed by atoms with van der Waals surface area (Å²) in [5.41, 5.74) is -0.351. The first kappa shape index (κ1) is 12.8. The lowest BCUT2D eigenvalue weighted by Gasteiger charge is -2.06. The van der Waals surface area contributed by atoms with E-state index in [1.807, 2.05) is 0 Å². The Balaban J connectivity index is 3.29. The highest BCUT2D eigenvalue weighted by atomic mass is 79.9. The summed E-state index contributed by atoms with van der Waals surface area (Å²) in [5, 5.41) is 8.51. The molecule has 1 aromatic rings. The third-order valence-electron chi connectivity index (χ3n) is 1.85. The van der Waals surface area contributed by atoms with E-state index in [0.717, 1.165) is 6.07 Å². The molecule has 0 unspecified atom stereocenters. The number of carbonyl (C=O) groups excluding carboxylic acids is 1. The molecule has 0 saturated heterocycles. The minimum absolute atomic E-state index is 0.0365. The monoisotopic (exact) mass is 290 g/mol. The lowest BCUT2D eigenvalue weighted by molar-refractivity contribution is -0.131. The maximum atomic E-state index is 13.7. The fourth-order valence-electron chi connectivity index (χ4n) is 1.19. The van der Waals surface area contributed by atoms with Gasteiger partial charge in [-0.2, -0.15) is 0 Å². The molecule has 86 valence electrons. The SMILES string of the molecule is COCc1cc(Br)cc(C(=O)C(=O)O)c1F. The number of ketones is 1. The van der Waals surface area contributed by atoms with E-state index in [2.05, 4.69) is 15.9 Å². The zero-order chi connectivity index (χ0) is 12.3. The second-order valence-electron chi connectivity index (χ2n) is 2.99. The van der Waals surface area contributed by atoms with Crippen molar-refractivity contribution in [3.8, 4) is 0 Å². The number of rotatable bonds is 4. The predicted molar refractivity (Wildman–Crippen MR) is 56.8 cm³/mol. The number of ether oxygens (including phenoxy) is 1. The van der Waals surface area contributed by atoms with E-state index in [9.17, 15) is 14.0 Å². The van der Waals surface area contributed by atoms with Crippen molar-refractivity contribution >= 4 is 27.7 Å². The molecule has 1 N–H and O–H groups in total. The van der Waals surface area contributed by atoms with Crippen LogP contribution < -0.4 is 0 Å². The van der Waals surface area contributed by atoms with Gasteiger partial charge in [0.25, 0.3) is 5.78 Å². The van der Waals surface area contributed by atoms with Crippen molar-refractivity contribution < 1.29 is 23.8 Å². The van der Waals surface area contributed by atoms with E-state index in [1.54, 1.807) is 0 Å². The number of halogens is 2. The van der Waals surface area contributed by atoms with Gasteiger partial charge in [0.2, 0.25) is 0 Å². The highest BCUT2D eigenvalue weighted by molar-refractivity contribution is 9.10. The van der Waals surface area contributed by atoms with Crippen LogP contribution in [0.2, 0.25) is 0 Å². The third-order valence-corrected chi connectivity index (χ3v) is 2.31. The zero-order valence-electron chi connectivity index (χ0n) is 8.29. The predicted octanol–water partition coefficient (Wildman–Crippen LogP) is 2.00. The summed E-state index contributed by atoms with van der Waals surface area (Å²) < 4.78 is 18.8. The molecule has 0 atom stereocenters. The van der Waals surface area contributed by atoms with Crippen molar-refractivity contribution in [1.29, 1.82) is 0 Å². The van der Waals surface area contributed by atoms with Gasteiger partial charge in [0.05, 0.1) is 12.2 Å². The van der Waals surface area contributed by atoms with Gasteiger partial charge in [0.1, 0.15) is 5.82 Å². The second kappa shape index (κ2) is 5.18. The van der Waals surface area contributed by atoms with Gasteiger partial charge < -0.3 is 9.84 Å². The molecule has 4 nitrogen and oxygen atoms in total. The molecule has 0 fully saturated rings. The van der Waals surface area contributed by atoms with Crippen molar-refractivity contribution in [3.05, 3.63) is 33.5 Å². The number of benzene rings is 1. The maximum absolute atomic E-state index is 13.7. The van der Waals surface area contributed by atoms with Gasteiger partial charge in [-0.25, -0.2) is 9.18 Å². The fraction of sp³-hybridized carbons (Fsp3) is 0.200. The number of hydrogen-bond acceptors (Lipinski definition) is 3. The lowest BCUT2D eigenvalue weighted by Crippen LogP contribution is -2.15. The van der Waals surface area contributed by atoms with E-state index in [1.165, 1.54) is 13.2 Å². The van der Waals surface area contributed by atoms with Gasteiger partial charge in [0.15, 0.2) is 0 Å². The van der Waals surface area contributed by atoms with Crippen LogP contribution in [0.3, 0.4) is 0 Å². The van der Waals surface area contributed by atoms with E-state index in [0.29, 0.717) is 4.47 Å². The minimum atomic E-state index is -1.69. The molecule has 0 saturated carbocycles. The zero-order valence-corrected chi connectivity index (χ0v) is 9.88. The molecule has 0 aromatic heterocycles. The molecule has 1 rings (SSSR count). The molecule has 16 heavy (non-hydrogen) atoms. The molecule has 0 radical (unpaired) electrons. The Hall–Kier alpha value is -1.27. The third kappa shape index (κ3) is 2.65. The van der Waals surface area contributed by atoms with Crippen molar-refractivity contribution in [1.82, 2.24) is 0 Å². The average molecular weight is 291 g/mol. The number of carboxylic acids is 1. The number of methoxy groups -OCH3 is 1. The Morgan fingerprint density at radius 2 is 2.12 bits per heavy atom. The molecular formula is C10H8BrFO4. The Morgan fingerprint density at radius 1 is 1.50 bits per heavy atom. The van der Waals surface area contributed by atoms with Crippen LogP contribution in [0.5, 0.6) is 0 Å². The summed E-state index contributed by atoms with van der Waals surface area (Å²) in [6.07, 6.45) is 0. The van der Waals surface area contributed by atoms with Crippen LogP contribution in [0.4, 0.5) is 4.39 Å². The van der Waals surface area contributed by atoms with E-state index < -0.39 is 23.1 Å². The summed E-state index contributed by atoms with van der Waals surface area (Å²) in [5.74, 6) is -3.84. The number of carboxylic acid groups (broad SMARTS) is 1. The van der Waals surface area contributed by atoms with Crippen LogP contribution in [0.25, 0.3) is 0 Å². The first-order chi connectivity index (χ1) is 7.47. The maximum Gasteiger partial charge on any atom is 0.377 e. The normalized spacial score (nSPS) is 10.2. The standard InChI is InChI=1S/C10H8BrFO4/c1-16-4-5-2-6(11)3-7(8(5)12)9(13)10(14)15/h2-3H,4H2,1H3,(H,14,15). The number of Topliss-reactive ketones (excluding diaryl/α,β-unsaturated/α-hetero) is 1. The van der Waals surface area contributed by atoms with Crippen molar-refractivity contribution in [2.45, 2.75) is 6.61 Å². The summed E-state index contributed by atoms with van der Waals surface area (Å²) >= 11 is 3.07. The summed E-state index contributed by atoms with van der Waals surface area (Å²) in [4.78, 5) is 21.6. The van der Waals surface area contributed by atoms with Crippen LogP contribution in [0.1, 0.15) is 15.9 Å². The molecule has 1 aromatic carbocycles. The number of aliphatic carboxylic acids is 1. The molecule has 0 amide bonds. The van der Waals surface area contributed by atoms with Gasteiger partial charge >= 0.3 is 5.97 Å². The molecule has 0 spiro atoms. The highest BCUT2D eigenvalue weighted by Crippen LogP contribution is 2.21. The first-order valence-corrected chi connectivity index (χ1v) is 5.01. The van der Waals surface area contributed by atoms with Crippen molar-refractivity contribution in [2.24, 2.45) is 0 Å². The summed E-state index contributed by atoms with van der Waals surface area (Å²) in [6, 6.07) is 2.56. The van der Waals surface area contributed by atoms with Gasteiger partial charge in [-0.1, -0.05) is 15.9 Å². The second-order valence-corrected chi connectivity index (χ2v) is 3.91. The highest BCUT2D eigenvalue weighted by Gasteiger charge is 2.21. The molecule has 0 aliphatic carbocycles. The molecule has 6 heteroatoms. The van der Waals surface area contributed by atoms with Crippen LogP contribution >= 0.6 is 15.9 Å². The van der Waals surface area contributed by atoms with Crippen LogP contribution in [0, 0.1) is 5.82 Å². The van der Waals surface area contributed by atoms with Crippen molar-refractivity contribution in [2.75, 3.05) is 7.11 Å². The van der Waals surface area contributed by atoms with Crippen LogP contribution in [-0.4, -0.2) is 24.0 Å². The molecule has 0 aliphatic heterocycles. The van der Waals surface area contributed by atoms with Crippen LogP contribution in [0.15, 0.2) is 16.6 Å². The topological polar surface area (TPSA) is 63.6 Å². The van der Waals surface area contributed by atoms with Gasteiger partial charge in [0, 0.05) is 17.1 Å². The Kier molecular flexibility index (Phi) is 4.14. The van der Waals surface area contributed by atoms with E-state index in [4.69, 9.17) is 9.84 Å². The van der Waals surface area contributed by atoms with Gasteiger partial charge in [-0.3, -0.25) is 4.79 Å². The summed E-state index contributed by atoms with van der Waals surface area (Å²) in [6.45, 7) is -0.0365. The fourth-order valence-corrected chi connectivity index (χ4v) is 1.69. The summed E-state index contributed by atoms with van der Waals surface area (Å²) in [7, 11) is 1.37. The Labute approximate surface area is 99.2 Å². The molecule has 0 bridgehead atoms. The molecule has 0 heterocycles. The van der Waals surface area contributed by atoms with Crippen molar-refractivity contribution in [3.63, 3.8) is 0 Å².